The van der Waals surface area contributed by atoms with E-state index in [1.165, 1.54) is 0 Å². The summed E-state index contributed by atoms with van der Waals surface area (Å²) in [4.78, 5) is 0. The number of rotatable bonds is 0. The average molecular weight is 100 g/mol. The zero-order valence-corrected chi connectivity index (χ0v) is 4.65. The van der Waals surface area contributed by atoms with Crippen molar-refractivity contribution in [2.45, 2.75) is 25.4 Å². The highest BCUT2D eigenvalue weighted by Gasteiger charge is 2.17. The maximum atomic E-state index is 5.62. The zero-order valence-electron chi connectivity index (χ0n) is 4.65. The van der Waals surface area contributed by atoms with Gasteiger partial charge in [-0.05, 0) is 19.9 Å². The van der Waals surface area contributed by atoms with Crippen LogP contribution in [0.2, 0.25) is 0 Å². The minimum atomic E-state index is 0.403. The lowest BCUT2D eigenvalue weighted by Crippen LogP contribution is -2.32. The summed E-state index contributed by atoms with van der Waals surface area (Å²) >= 11 is 0. The third kappa shape index (κ3) is 0.924. The smallest absolute Gasteiger partial charge is 0.0203 e. The Balaban J connectivity index is 2.33. The molecule has 7 heavy (non-hydrogen) atoms. The van der Waals surface area contributed by atoms with Crippen LogP contribution in [0.1, 0.15) is 13.3 Å². The fraction of sp³-hybridized carbons (Fsp3) is 1.00. The van der Waals surface area contributed by atoms with E-state index < -0.39 is 0 Å². The second-order valence-corrected chi connectivity index (χ2v) is 2.20. The summed E-state index contributed by atoms with van der Waals surface area (Å²) in [5.41, 5.74) is 5.62. The Bertz CT molecular complexity index is 55.1. The van der Waals surface area contributed by atoms with Crippen molar-refractivity contribution in [2.24, 2.45) is 5.73 Å². The standard InChI is InChI=1S/C5H12N2/c1-4-5(6)2-3-7-4/h4-5,7H,2-3,6H2,1H3/t4-,5-/m0/s1. The van der Waals surface area contributed by atoms with Crippen molar-refractivity contribution < 1.29 is 0 Å². The molecule has 1 fully saturated rings. The molecule has 1 rings (SSSR count). The largest absolute Gasteiger partial charge is 0.326 e. The van der Waals surface area contributed by atoms with Crippen LogP contribution in [-0.2, 0) is 0 Å². The Hall–Kier alpha value is -0.0800. The van der Waals surface area contributed by atoms with Crippen molar-refractivity contribution in [3.05, 3.63) is 0 Å². The lowest BCUT2D eigenvalue weighted by molar-refractivity contribution is 0.587. The number of nitrogens with two attached hydrogens (primary N) is 1. The first-order chi connectivity index (χ1) is 3.30. The molecule has 0 aliphatic carbocycles. The normalized spacial score (nSPS) is 42.0. The Labute approximate surface area is 44.1 Å². The highest BCUT2D eigenvalue weighted by atomic mass is 15.0. The van der Waals surface area contributed by atoms with Crippen LogP contribution in [0.4, 0.5) is 0 Å². The molecule has 0 radical (unpaired) electrons. The van der Waals surface area contributed by atoms with E-state index in [1.54, 1.807) is 0 Å². The third-order valence-corrected chi connectivity index (χ3v) is 1.59. The topological polar surface area (TPSA) is 38.0 Å². The first-order valence-electron chi connectivity index (χ1n) is 2.79. The zero-order chi connectivity index (χ0) is 5.28. The highest BCUT2D eigenvalue weighted by molar-refractivity contribution is 4.82. The lowest BCUT2D eigenvalue weighted by Gasteiger charge is -2.06. The van der Waals surface area contributed by atoms with E-state index in [2.05, 4.69) is 12.2 Å². The second-order valence-electron chi connectivity index (χ2n) is 2.20. The maximum Gasteiger partial charge on any atom is 0.0203 e. The van der Waals surface area contributed by atoms with Crippen molar-refractivity contribution in [3.8, 4) is 0 Å². The predicted octanol–water partition coefficient (Wildman–Crippen LogP) is -0.305. The van der Waals surface area contributed by atoms with Crippen molar-refractivity contribution in [1.82, 2.24) is 5.32 Å². The molecular formula is C5H12N2. The summed E-state index contributed by atoms with van der Waals surface area (Å²) < 4.78 is 0. The van der Waals surface area contributed by atoms with Gasteiger partial charge < -0.3 is 11.1 Å². The number of hydrogen-bond donors (Lipinski definition) is 2. The molecule has 0 spiro atoms. The van der Waals surface area contributed by atoms with Gasteiger partial charge >= 0.3 is 0 Å². The Morgan fingerprint density at radius 1 is 1.71 bits per heavy atom. The molecule has 0 aromatic rings. The molecule has 0 aromatic carbocycles. The Morgan fingerprint density at radius 3 is 2.57 bits per heavy atom. The van der Waals surface area contributed by atoms with Crippen molar-refractivity contribution in [3.63, 3.8) is 0 Å². The van der Waals surface area contributed by atoms with Crippen LogP contribution < -0.4 is 11.1 Å². The van der Waals surface area contributed by atoms with Gasteiger partial charge in [-0.25, -0.2) is 0 Å². The number of nitrogens with one attached hydrogen (secondary N) is 1. The van der Waals surface area contributed by atoms with Gasteiger partial charge in [0.25, 0.3) is 0 Å². The molecule has 2 heteroatoms. The van der Waals surface area contributed by atoms with Gasteiger partial charge in [0.1, 0.15) is 0 Å². The van der Waals surface area contributed by atoms with Crippen LogP contribution in [0.3, 0.4) is 0 Å². The highest BCUT2D eigenvalue weighted by Crippen LogP contribution is 2.00. The molecule has 2 nitrogen and oxygen atoms in total. The van der Waals surface area contributed by atoms with Crippen LogP contribution in [0, 0.1) is 0 Å². The molecule has 1 saturated heterocycles. The monoisotopic (exact) mass is 100 g/mol. The summed E-state index contributed by atoms with van der Waals surface area (Å²) in [6.45, 7) is 3.22. The quantitative estimate of drug-likeness (QED) is 0.438. The van der Waals surface area contributed by atoms with Gasteiger partial charge in [0.2, 0.25) is 0 Å². The van der Waals surface area contributed by atoms with Gasteiger partial charge in [-0.3, -0.25) is 0 Å². The van der Waals surface area contributed by atoms with Gasteiger partial charge in [-0.15, -0.1) is 0 Å². The van der Waals surface area contributed by atoms with E-state index in [1.807, 2.05) is 0 Å². The average Bonchev–Trinajstić information content (AvgIpc) is 1.91. The van der Waals surface area contributed by atoms with Crippen LogP contribution in [0.25, 0.3) is 0 Å². The lowest BCUT2D eigenvalue weighted by atomic mass is 10.2. The maximum absolute atomic E-state index is 5.62. The molecule has 42 valence electrons. The number of hydrogen-bond acceptors (Lipinski definition) is 2. The van der Waals surface area contributed by atoms with Crippen LogP contribution in [-0.4, -0.2) is 18.6 Å². The van der Waals surface area contributed by atoms with E-state index in [9.17, 15) is 0 Å². The van der Waals surface area contributed by atoms with Gasteiger partial charge in [-0.2, -0.15) is 0 Å². The molecular weight excluding hydrogens is 88.1 g/mol. The van der Waals surface area contributed by atoms with E-state index in [4.69, 9.17) is 5.73 Å². The van der Waals surface area contributed by atoms with Crippen LogP contribution in [0.15, 0.2) is 0 Å². The molecule has 3 N–H and O–H groups in total. The van der Waals surface area contributed by atoms with E-state index in [-0.39, 0.29) is 0 Å². The second kappa shape index (κ2) is 1.80. The molecule has 2 atom stereocenters. The van der Waals surface area contributed by atoms with Crippen LogP contribution >= 0.6 is 0 Å². The van der Waals surface area contributed by atoms with Gasteiger partial charge in [0.15, 0.2) is 0 Å². The molecule has 1 aliphatic heterocycles. The Kier molecular flexibility index (Phi) is 1.30. The third-order valence-electron chi connectivity index (χ3n) is 1.59. The van der Waals surface area contributed by atoms with Crippen LogP contribution in [0.5, 0.6) is 0 Å². The SMILES string of the molecule is C[C@@H]1NCC[C@@H]1N. The molecule has 0 unspecified atom stereocenters. The summed E-state index contributed by atoms with van der Waals surface area (Å²) in [6, 6.07) is 0.944. The fourth-order valence-electron chi connectivity index (χ4n) is 0.879. The van der Waals surface area contributed by atoms with E-state index in [0.717, 1.165) is 13.0 Å². The summed E-state index contributed by atoms with van der Waals surface area (Å²) in [7, 11) is 0. The van der Waals surface area contributed by atoms with E-state index in [0.29, 0.717) is 12.1 Å². The fourth-order valence-corrected chi connectivity index (χ4v) is 0.879. The summed E-state index contributed by atoms with van der Waals surface area (Å²) in [5, 5.41) is 3.24. The summed E-state index contributed by atoms with van der Waals surface area (Å²) in [5.74, 6) is 0. The van der Waals surface area contributed by atoms with Gasteiger partial charge in [0.05, 0.1) is 0 Å². The first kappa shape index (κ1) is 5.06. The van der Waals surface area contributed by atoms with Gasteiger partial charge in [0, 0.05) is 12.1 Å². The molecule has 0 bridgehead atoms. The molecule has 1 aliphatic rings. The predicted molar refractivity (Wildman–Crippen MR) is 30.1 cm³/mol. The molecule has 0 aromatic heterocycles. The Morgan fingerprint density at radius 2 is 2.43 bits per heavy atom. The minimum absolute atomic E-state index is 0.403. The van der Waals surface area contributed by atoms with Crippen molar-refractivity contribution in [2.75, 3.05) is 6.54 Å². The molecule has 1 heterocycles. The van der Waals surface area contributed by atoms with Gasteiger partial charge in [-0.1, -0.05) is 0 Å². The summed E-state index contributed by atoms with van der Waals surface area (Å²) in [6.07, 6.45) is 1.14. The van der Waals surface area contributed by atoms with Crippen molar-refractivity contribution in [1.29, 1.82) is 0 Å². The molecule has 0 saturated carbocycles. The van der Waals surface area contributed by atoms with E-state index >= 15 is 0 Å². The molecule has 0 amide bonds. The minimum Gasteiger partial charge on any atom is -0.326 e. The first-order valence-corrected chi connectivity index (χ1v) is 2.79. The van der Waals surface area contributed by atoms with Crippen molar-refractivity contribution >= 4 is 0 Å².